The Hall–Kier alpha value is -0.830. The van der Waals surface area contributed by atoms with Crippen molar-refractivity contribution in [1.82, 2.24) is 5.32 Å². The number of hydrogen-bond acceptors (Lipinski definition) is 2. The van der Waals surface area contributed by atoms with Gasteiger partial charge >= 0.3 is 0 Å². The fourth-order valence-corrected chi connectivity index (χ4v) is 3.21. The summed E-state index contributed by atoms with van der Waals surface area (Å²) in [5, 5.41) is 4.22. The number of rotatable bonds is 1. The van der Waals surface area contributed by atoms with Gasteiger partial charge in [0.25, 0.3) is 0 Å². The Morgan fingerprint density at radius 2 is 2.41 bits per heavy atom. The molecule has 0 aliphatic carbocycles. The Morgan fingerprint density at radius 1 is 1.59 bits per heavy atom. The second-order valence-electron chi connectivity index (χ2n) is 5.02. The van der Waals surface area contributed by atoms with Crippen molar-refractivity contribution in [2.45, 2.75) is 25.0 Å². The van der Waals surface area contributed by atoms with Crippen LogP contribution in [0.15, 0.2) is 18.7 Å². The molecule has 2 unspecified atom stereocenters. The van der Waals surface area contributed by atoms with Gasteiger partial charge in [-0.2, -0.15) is 0 Å². The molecule has 0 bridgehead atoms. The van der Waals surface area contributed by atoms with Gasteiger partial charge in [-0.3, -0.25) is 0 Å². The summed E-state index contributed by atoms with van der Waals surface area (Å²) in [5.74, 6) is 0.373. The van der Waals surface area contributed by atoms with Crippen molar-refractivity contribution in [2.24, 2.45) is 0 Å². The predicted molar refractivity (Wildman–Crippen MR) is 70.3 cm³/mol. The molecule has 2 aliphatic heterocycles. The Kier molecular flexibility index (Phi) is 2.54. The summed E-state index contributed by atoms with van der Waals surface area (Å²) in [6.07, 6.45) is 1.92. The van der Waals surface area contributed by atoms with E-state index in [1.165, 1.54) is 11.1 Å². The summed E-state index contributed by atoms with van der Waals surface area (Å²) in [6, 6.07) is 3.99. The molecule has 0 aromatic heterocycles. The summed E-state index contributed by atoms with van der Waals surface area (Å²) in [6.45, 7) is 8.53. The zero-order chi connectivity index (χ0) is 12.0. The zero-order valence-corrected chi connectivity index (χ0v) is 10.7. The molecule has 2 atom stereocenters. The van der Waals surface area contributed by atoms with Crippen LogP contribution < -0.4 is 5.32 Å². The minimum absolute atomic E-state index is 0.102. The van der Waals surface area contributed by atoms with E-state index >= 15 is 0 Å². The lowest BCUT2D eigenvalue weighted by Gasteiger charge is -2.38. The van der Waals surface area contributed by atoms with Gasteiger partial charge in [0.05, 0.1) is 12.2 Å². The van der Waals surface area contributed by atoms with Gasteiger partial charge in [0.1, 0.15) is 0 Å². The maximum absolute atomic E-state index is 6.27. The molecule has 0 spiro atoms. The maximum Gasteiger partial charge on any atom is 0.0863 e. The highest BCUT2D eigenvalue weighted by molar-refractivity contribution is 6.31. The second kappa shape index (κ2) is 3.84. The fourth-order valence-electron chi connectivity index (χ4n) is 2.99. The fraction of sp³-hybridized carbons (Fsp3) is 0.429. The van der Waals surface area contributed by atoms with E-state index in [0.29, 0.717) is 12.5 Å². The average molecular weight is 250 g/mol. The van der Waals surface area contributed by atoms with Gasteiger partial charge in [0, 0.05) is 29.6 Å². The molecule has 1 N–H and O–H groups in total. The molecule has 17 heavy (non-hydrogen) atoms. The van der Waals surface area contributed by atoms with E-state index in [2.05, 4.69) is 24.9 Å². The minimum Gasteiger partial charge on any atom is -0.369 e. The summed E-state index contributed by atoms with van der Waals surface area (Å²) in [5.41, 5.74) is 3.55. The lowest BCUT2D eigenvalue weighted by molar-refractivity contribution is -0.0517. The monoisotopic (exact) mass is 249 g/mol. The van der Waals surface area contributed by atoms with E-state index in [1.807, 2.05) is 12.1 Å². The molecule has 2 nitrogen and oxygen atoms in total. The zero-order valence-electron chi connectivity index (χ0n) is 9.92. The van der Waals surface area contributed by atoms with Gasteiger partial charge in [0.2, 0.25) is 0 Å². The van der Waals surface area contributed by atoms with Gasteiger partial charge < -0.3 is 10.1 Å². The lowest BCUT2D eigenvalue weighted by Crippen LogP contribution is -2.40. The Bertz CT molecular complexity index is 485. The molecule has 3 rings (SSSR count). The highest BCUT2D eigenvalue weighted by Crippen LogP contribution is 2.44. The Balaban J connectivity index is 2.21. The second-order valence-corrected chi connectivity index (χ2v) is 5.42. The first-order valence-electron chi connectivity index (χ1n) is 5.94. The van der Waals surface area contributed by atoms with E-state index in [4.69, 9.17) is 16.3 Å². The van der Waals surface area contributed by atoms with Crippen LogP contribution in [0.25, 0.3) is 6.08 Å². The molecule has 3 heteroatoms. The van der Waals surface area contributed by atoms with Crippen LogP contribution in [0.2, 0.25) is 5.02 Å². The average Bonchev–Trinajstić information content (AvgIpc) is 2.71. The van der Waals surface area contributed by atoms with Crippen molar-refractivity contribution >= 4 is 17.7 Å². The normalized spacial score (nSPS) is 30.8. The van der Waals surface area contributed by atoms with Gasteiger partial charge in [-0.1, -0.05) is 30.3 Å². The van der Waals surface area contributed by atoms with Crippen molar-refractivity contribution in [3.8, 4) is 0 Å². The summed E-state index contributed by atoms with van der Waals surface area (Å²) < 4.78 is 6.01. The van der Waals surface area contributed by atoms with Crippen LogP contribution in [0, 0.1) is 0 Å². The van der Waals surface area contributed by atoms with Crippen LogP contribution in [-0.4, -0.2) is 18.7 Å². The highest BCUT2D eigenvalue weighted by Gasteiger charge is 2.45. The van der Waals surface area contributed by atoms with Crippen LogP contribution in [0.3, 0.4) is 0 Å². The van der Waals surface area contributed by atoms with Crippen molar-refractivity contribution < 1.29 is 4.74 Å². The molecular weight excluding hydrogens is 234 g/mol. The highest BCUT2D eigenvalue weighted by atomic mass is 35.5. The Labute approximate surface area is 107 Å². The number of halogens is 1. The molecule has 2 aliphatic rings. The first-order valence-corrected chi connectivity index (χ1v) is 6.32. The number of ether oxygens (including phenoxy) is 1. The SMILES string of the molecule is C=Cc1ccc(Cl)c2c1C1CNCC1(C)OC2. The summed E-state index contributed by atoms with van der Waals surface area (Å²) >= 11 is 6.27. The van der Waals surface area contributed by atoms with Crippen molar-refractivity contribution in [1.29, 1.82) is 0 Å². The number of nitrogens with one attached hydrogen (secondary N) is 1. The quantitative estimate of drug-likeness (QED) is 0.826. The third-order valence-corrected chi connectivity index (χ3v) is 4.36. The third kappa shape index (κ3) is 1.55. The lowest BCUT2D eigenvalue weighted by atomic mass is 9.79. The van der Waals surface area contributed by atoms with Gasteiger partial charge in [0.15, 0.2) is 0 Å². The van der Waals surface area contributed by atoms with Crippen LogP contribution in [-0.2, 0) is 11.3 Å². The molecule has 0 radical (unpaired) electrons. The largest absolute Gasteiger partial charge is 0.369 e. The molecule has 0 saturated carbocycles. The van der Waals surface area contributed by atoms with Crippen LogP contribution in [0.5, 0.6) is 0 Å². The first-order chi connectivity index (χ1) is 8.15. The molecule has 1 aromatic rings. The molecule has 1 aromatic carbocycles. The minimum atomic E-state index is -0.102. The molecule has 1 fully saturated rings. The number of benzene rings is 1. The van der Waals surface area contributed by atoms with Crippen LogP contribution >= 0.6 is 11.6 Å². The summed E-state index contributed by atoms with van der Waals surface area (Å²) in [4.78, 5) is 0. The van der Waals surface area contributed by atoms with Crippen molar-refractivity contribution in [3.63, 3.8) is 0 Å². The molecular formula is C14H16ClNO. The third-order valence-electron chi connectivity index (χ3n) is 4.01. The van der Waals surface area contributed by atoms with Gasteiger partial charge in [-0.25, -0.2) is 0 Å². The van der Waals surface area contributed by atoms with E-state index in [-0.39, 0.29) is 5.60 Å². The van der Waals surface area contributed by atoms with Crippen LogP contribution in [0.1, 0.15) is 29.5 Å². The molecule has 2 heterocycles. The number of hydrogen-bond donors (Lipinski definition) is 1. The van der Waals surface area contributed by atoms with Crippen molar-refractivity contribution in [3.05, 3.63) is 40.4 Å². The van der Waals surface area contributed by atoms with Crippen molar-refractivity contribution in [2.75, 3.05) is 13.1 Å². The summed E-state index contributed by atoms with van der Waals surface area (Å²) in [7, 11) is 0. The topological polar surface area (TPSA) is 21.3 Å². The molecule has 90 valence electrons. The smallest absolute Gasteiger partial charge is 0.0863 e. The predicted octanol–water partition coefficient (Wildman–Crippen LogP) is 2.96. The molecule has 0 amide bonds. The maximum atomic E-state index is 6.27. The van der Waals surface area contributed by atoms with E-state index in [1.54, 1.807) is 0 Å². The van der Waals surface area contributed by atoms with E-state index < -0.39 is 0 Å². The van der Waals surface area contributed by atoms with E-state index in [9.17, 15) is 0 Å². The molecule has 1 saturated heterocycles. The first kappa shape index (κ1) is 11.3. The van der Waals surface area contributed by atoms with E-state index in [0.717, 1.165) is 23.7 Å². The standard InChI is InChI=1S/C14H16ClNO/c1-3-9-4-5-12(15)10-7-17-14(2)8-16-6-11(14)13(9)10/h3-5,11,16H,1,6-8H2,2H3. The van der Waals surface area contributed by atoms with Crippen LogP contribution in [0.4, 0.5) is 0 Å². The number of fused-ring (bicyclic) bond motifs is 3. The van der Waals surface area contributed by atoms with Gasteiger partial charge in [-0.05, 0) is 24.1 Å². The Morgan fingerprint density at radius 3 is 3.18 bits per heavy atom. The van der Waals surface area contributed by atoms with Gasteiger partial charge in [-0.15, -0.1) is 0 Å².